The van der Waals surface area contributed by atoms with E-state index < -0.39 is 21.7 Å². The van der Waals surface area contributed by atoms with E-state index in [-0.39, 0.29) is 23.2 Å². The molecular formula is C23H23N3O5S. The normalized spacial score (nSPS) is 17.1. The first kappa shape index (κ1) is 21.8. The van der Waals surface area contributed by atoms with Crippen LogP contribution in [0.3, 0.4) is 0 Å². The van der Waals surface area contributed by atoms with Gasteiger partial charge in [-0.15, -0.1) is 0 Å². The molecule has 2 heterocycles. The third-order valence-electron chi connectivity index (χ3n) is 5.41. The molecule has 1 amide bonds. The molecule has 1 saturated heterocycles. The number of nitrogens with one attached hydrogen (secondary N) is 1. The van der Waals surface area contributed by atoms with Crippen LogP contribution in [0.2, 0.25) is 0 Å². The first-order chi connectivity index (χ1) is 15.3. The molecule has 1 atom stereocenters. The second-order valence-corrected chi connectivity index (χ2v) is 10.0. The van der Waals surface area contributed by atoms with Crippen molar-refractivity contribution in [1.29, 1.82) is 0 Å². The molecule has 32 heavy (non-hydrogen) atoms. The standard InChI is InChI=1S/C23H23N3O5S/c1-15-6-8-16(9-7-15)21-13-20(25-26(21)19-10-11-32(29,30)14-19)22(27)24-18-5-3-4-17(12-18)23(28)31-2/h3-9,12-13,19H,10-11,14H2,1-2H3,(H,24,27). The predicted molar refractivity (Wildman–Crippen MR) is 120 cm³/mol. The van der Waals surface area contributed by atoms with E-state index in [1.807, 2.05) is 31.2 Å². The van der Waals surface area contributed by atoms with Crippen LogP contribution < -0.4 is 5.32 Å². The van der Waals surface area contributed by atoms with E-state index >= 15 is 0 Å². The lowest BCUT2D eigenvalue weighted by Gasteiger charge is -2.13. The Bertz CT molecular complexity index is 1280. The van der Waals surface area contributed by atoms with Crippen LogP contribution in [0.1, 0.15) is 38.9 Å². The van der Waals surface area contributed by atoms with Crippen LogP contribution in [-0.2, 0) is 14.6 Å². The number of nitrogens with zero attached hydrogens (tertiary/aromatic N) is 2. The number of aromatic nitrogens is 2. The summed E-state index contributed by atoms with van der Waals surface area (Å²) in [6.45, 7) is 1.98. The van der Waals surface area contributed by atoms with Crippen molar-refractivity contribution in [1.82, 2.24) is 9.78 Å². The zero-order valence-corrected chi connectivity index (χ0v) is 18.6. The maximum Gasteiger partial charge on any atom is 0.337 e. The van der Waals surface area contributed by atoms with Crippen LogP contribution in [0.25, 0.3) is 11.3 Å². The average Bonchev–Trinajstić information content (AvgIpc) is 3.37. The lowest BCUT2D eigenvalue weighted by molar-refractivity contribution is 0.0600. The Morgan fingerprint density at radius 2 is 1.88 bits per heavy atom. The topological polar surface area (TPSA) is 107 Å². The average molecular weight is 454 g/mol. The molecule has 1 unspecified atom stereocenters. The number of rotatable bonds is 5. The van der Waals surface area contributed by atoms with E-state index in [0.717, 1.165) is 11.1 Å². The van der Waals surface area contributed by atoms with E-state index in [1.165, 1.54) is 13.2 Å². The highest BCUT2D eigenvalue weighted by Crippen LogP contribution is 2.30. The number of ether oxygens (including phenoxy) is 1. The van der Waals surface area contributed by atoms with Gasteiger partial charge in [-0.3, -0.25) is 9.48 Å². The van der Waals surface area contributed by atoms with Crippen molar-refractivity contribution >= 4 is 27.4 Å². The zero-order valence-electron chi connectivity index (χ0n) is 17.7. The third kappa shape index (κ3) is 4.57. The number of anilines is 1. The van der Waals surface area contributed by atoms with E-state index in [0.29, 0.717) is 23.4 Å². The highest BCUT2D eigenvalue weighted by atomic mass is 32.2. The van der Waals surface area contributed by atoms with Crippen LogP contribution in [0.4, 0.5) is 5.69 Å². The second-order valence-electron chi connectivity index (χ2n) is 7.81. The van der Waals surface area contributed by atoms with Crippen LogP contribution >= 0.6 is 0 Å². The van der Waals surface area contributed by atoms with Gasteiger partial charge in [-0.2, -0.15) is 5.10 Å². The highest BCUT2D eigenvalue weighted by Gasteiger charge is 2.32. The highest BCUT2D eigenvalue weighted by molar-refractivity contribution is 7.91. The molecular weight excluding hydrogens is 430 g/mol. The summed E-state index contributed by atoms with van der Waals surface area (Å²) in [5.74, 6) is -0.864. The fraction of sp³-hybridized carbons (Fsp3) is 0.261. The Hall–Kier alpha value is -3.46. The molecule has 1 N–H and O–H groups in total. The SMILES string of the molecule is COC(=O)c1cccc(NC(=O)c2cc(-c3ccc(C)cc3)n(C3CCS(=O)(=O)C3)n2)c1. The van der Waals surface area contributed by atoms with Crippen LogP contribution in [0, 0.1) is 6.92 Å². The van der Waals surface area contributed by atoms with E-state index in [4.69, 9.17) is 4.74 Å². The Labute approximate surface area is 186 Å². The van der Waals surface area contributed by atoms with Gasteiger partial charge in [-0.25, -0.2) is 13.2 Å². The minimum Gasteiger partial charge on any atom is -0.465 e. The number of esters is 1. The van der Waals surface area contributed by atoms with Gasteiger partial charge in [0.2, 0.25) is 0 Å². The Morgan fingerprint density at radius 3 is 2.53 bits per heavy atom. The van der Waals surface area contributed by atoms with Gasteiger partial charge in [-0.05, 0) is 43.2 Å². The number of hydrogen-bond acceptors (Lipinski definition) is 6. The predicted octanol–water partition coefficient (Wildman–Crippen LogP) is 3.26. The molecule has 0 spiro atoms. The summed E-state index contributed by atoms with van der Waals surface area (Å²) in [5.41, 5.74) is 3.51. The molecule has 9 heteroatoms. The van der Waals surface area contributed by atoms with Gasteiger partial charge in [0.05, 0.1) is 35.9 Å². The van der Waals surface area contributed by atoms with Crippen molar-refractivity contribution in [3.05, 3.63) is 71.4 Å². The quantitative estimate of drug-likeness (QED) is 0.594. The van der Waals surface area contributed by atoms with Gasteiger partial charge in [-0.1, -0.05) is 35.9 Å². The lowest BCUT2D eigenvalue weighted by atomic mass is 10.1. The number of benzene rings is 2. The van der Waals surface area contributed by atoms with Crippen LogP contribution in [-0.4, -0.2) is 48.7 Å². The van der Waals surface area contributed by atoms with Crippen molar-refractivity contribution < 1.29 is 22.7 Å². The first-order valence-corrected chi connectivity index (χ1v) is 11.9. The Kier molecular flexibility index (Phi) is 5.84. The maximum absolute atomic E-state index is 12.9. The summed E-state index contributed by atoms with van der Waals surface area (Å²) in [6, 6.07) is 15.5. The monoisotopic (exact) mass is 453 g/mol. The molecule has 3 aromatic rings. The summed E-state index contributed by atoms with van der Waals surface area (Å²) >= 11 is 0. The second kappa shape index (κ2) is 8.58. The summed E-state index contributed by atoms with van der Waals surface area (Å²) in [7, 11) is -1.84. The van der Waals surface area contributed by atoms with E-state index in [9.17, 15) is 18.0 Å². The number of hydrogen-bond donors (Lipinski definition) is 1. The van der Waals surface area contributed by atoms with Crippen molar-refractivity contribution in [3.8, 4) is 11.3 Å². The summed E-state index contributed by atoms with van der Waals surface area (Å²) in [4.78, 5) is 24.7. The Balaban J connectivity index is 1.67. The number of carbonyl (C=O) groups is 2. The molecule has 8 nitrogen and oxygen atoms in total. The van der Waals surface area contributed by atoms with Crippen LogP contribution in [0.5, 0.6) is 0 Å². The molecule has 4 rings (SSSR count). The molecule has 0 radical (unpaired) electrons. The van der Waals surface area contributed by atoms with Crippen molar-refractivity contribution in [2.75, 3.05) is 23.9 Å². The number of amides is 1. The molecule has 1 aliphatic heterocycles. The van der Waals surface area contributed by atoms with E-state index in [1.54, 1.807) is 28.9 Å². The molecule has 0 aliphatic carbocycles. The van der Waals surface area contributed by atoms with Gasteiger partial charge in [0.25, 0.3) is 5.91 Å². The molecule has 2 aromatic carbocycles. The number of aryl methyl sites for hydroxylation is 1. The molecule has 166 valence electrons. The number of carbonyl (C=O) groups excluding carboxylic acids is 2. The van der Waals surface area contributed by atoms with Crippen LogP contribution in [0.15, 0.2) is 54.6 Å². The Morgan fingerprint density at radius 1 is 1.12 bits per heavy atom. The lowest BCUT2D eigenvalue weighted by Crippen LogP contribution is -2.16. The minimum atomic E-state index is -3.13. The number of sulfone groups is 1. The summed E-state index contributed by atoms with van der Waals surface area (Å²) < 4.78 is 30.4. The van der Waals surface area contributed by atoms with Gasteiger partial charge < -0.3 is 10.1 Å². The van der Waals surface area contributed by atoms with Crippen molar-refractivity contribution in [3.63, 3.8) is 0 Å². The summed E-state index contributed by atoms with van der Waals surface area (Å²) in [5, 5.41) is 7.22. The van der Waals surface area contributed by atoms with Gasteiger partial charge >= 0.3 is 5.97 Å². The number of methoxy groups -OCH3 is 1. The smallest absolute Gasteiger partial charge is 0.337 e. The first-order valence-electron chi connectivity index (χ1n) is 10.1. The summed E-state index contributed by atoms with van der Waals surface area (Å²) in [6.07, 6.45) is 0.450. The maximum atomic E-state index is 12.9. The zero-order chi connectivity index (χ0) is 22.9. The minimum absolute atomic E-state index is 0.00419. The molecule has 1 aliphatic rings. The van der Waals surface area contributed by atoms with Crippen molar-refractivity contribution in [2.45, 2.75) is 19.4 Å². The molecule has 1 aromatic heterocycles. The largest absolute Gasteiger partial charge is 0.465 e. The molecule has 1 fully saturated rings. The van der Waals surface area contributed by atoms with Gasteiger partial charge in [0.1, 0.15) is 0 Å². The fourth-order valence-electron chi connectivity index (χ4n) is 3.73. The molecule has 0 saturated carbocycles. The molecule has 0 bridgehead atoms. The third-order valence-corrected chi connectivity index (χ3v) is 7.16. The van der Waals surface area contributed by atoms with Gasteiger partial charge in [0, 0.05) is 5.69 Å². The van der Waals surface area contributed by atoms with Gasteiger partial charge in [0.15, 0.2) is 15.5 Å². The fourth-order valence-corrected chi connectivity index (χ4v) is 5.42. The van der Waals surface area contributed by atoms with Crippen molar-refractivity contribution in [2.24, 2.45) is 0 Å². The van der Waals surface area contributed by atoms with E-state index in [2.05, 4.69) is 10.4 Å².